The predicted molar refractivity (Wildman–Crippen MR) is 128 cm³/mol. The number of rotatable bonds is 5. The van der Waals surface area contributed by atoms with E-state index in [0.717, 1.165) is 43.7 Å². The first-order valence-electron chi connectivity index (χ1n) is 11.2. The van der Waals surface area contributed by atoms with E-state index in [1.807, 2.05) is 6.07 Å². The molecule has 4 rings (SSSR count). The Kier molecular flexibility index (Phi) is 6.73. The van der Waals surface area contributed by atoms with Crippen LogP contribution >= 0.6 is 11.6 Å². The van der Waals surface area contributed by atoms with Crippen LogP contribution in [-0.4, -0.2) is 50.8 Å². The summed E-state index contributed by atoms with van der Waals surface area (Å²) in [6, 6.07) is 8.99. The molecule has 3 atom stereocenters. The van der Waals surface area contributed by atoms with E-state index in [9.17, 15) is 9.18 Å². The van der Waals surface area contributed by atoms with Crippen LogP contribution in [0, 0.1) is 12.7 Å². The zero-order valence-corrected chi connectivity index (χ0v) is 20.3. The molecule has 8 heteroatoms. The number of hydrogen-bond donors (Lipinski definition) is 2. The van der Waals surface area contributed by atoms with Gasteiger partial charge in [-0.1, -0.05) is 17.7 Å². The van der Waals surface area contributed by atoms with Crippen molar-refractivity contribution in [3.63, 3.8) is 0 Å². The third kappa shape index (κ3) is 4.49. The molecule has 0 bridgehead atoms. The van der Waals surface area contributed by atoms with Crippen molar-refractivity contribution >= 4 is 23.3 Å². The predicted octanol–water partition coefficient (Wildman–Crippen LogP) is 5.12. The summed E-state index contributed by atoms with van der Waals surface area (Å²) in [6.07, 6.45) is 3.72. The number of likely N-dealkylation sites (N-methyl/N-ethyl adjacent to an activating group) is 1. The molecule has 1 aliphatic heterocycles. The van der Waals surface area contributed by atoms with Gasteiger partial charge in [0.1, 0.15) is 5.82 Å². The summed E-state index contributed by atoms with van der Waals surface area (Å²) >= 11 is 6.10. The molecule has 6 nitrogen and oxygen atoms in total. The number of carbonyl (C=O) groups excluding carboxylic acids is 1. The maximum absolute atomic E-state index is 13.7. The lowest BCUT2D eigenvalue weighted by Crippen LogP contribution is -2.52. The van der Waals surface area contributed by atoms with Crippen LogP contribution in [0.1, 0.15) is 36.8 Å². The van der Waals surface area contributed by atoms with Gasteiger partial charge >= 0.3 is 6.03 Å². The molecular formula is C25H31ClFN3O3. The number of methoxy groups -OCH3 is 2. The number of anilines is 1. The van der Waals surface area contributed by atoms with Gasteiger partial charge in [-0.05, 0) is 81.6 Å². The highest BCUT2D eigenvalue weighted by Crippen LogP contribution is 2.49. The smallest absolute Gasteiger partial charge is 0.319 e. The number of fused-ring (bicyclic) bond motifs is 1. The number of nitrogens with one attached hydrogen (secondary N) is 2. The molecule has 2 aromatic rings. The normalized spacial score (nSPS) is 24.8. The van der Waals surface area contributed by atoms with E-state index in [0.29, 0.717) is 17.3 Å². The molecule has 33 heavy (non-hydrogen) atoms. The van der Waals surface area contributed by atoms with Crippen molar-refractivity contribution in [3.05, 3.63) is 52.3 Å². The second kappa shape index (κ2) is 9.39. The zero-order valence-electron chi connectivity index (χ0n) is 19.5. The Morgan fingerprint density at radius 1 is 1.18 bits per heavy atom. The summed E-state index contributed by atoms with van der Waals surface area (Å²) in [4.78, 5) is 15.1. The van der Waals surface area contributed by atoms with Gasteiger partial charge in [-0.25, -0.2) is 9.18 Å². The average Bonchev–Trinajstić information content (AvgIpc) is 3.14. The fourth-order valence-electron chi connectivity index (χ4n) is 5.49. The third-order valence-electron chi connectivity index (χ3n) is 7.32. The minimum Gasteiger partial charge on any atom is -0.493 e. The van der Waals surface area contributed by atoms with Gasteiger partial charge in [0.2, 0.25) is 0 Å². The van der Waals surface area contributed by atoms with Gasteiger partial charge in [0.15, 0.2) is 11.5 Å². The molecule has 2 fully saturated rings. The number of hydrogen-bond acceptors (Lipinski definition) is 4. The summed E-state index contributed by atoms with van der Waals surface area (Å²) in [5.74, 6) is 1.07. The van der Waals surface area contributed by atoms with Gasteiger partial charge in [0, 0.05) is 17.5 Å². The number of halogens is 2. The Hall–Kier alpha value is -2.51. The van der Waals surface area contributed by atoms with E-state index in [-0.39, 0.29) is 22.5 Å². The fourth-order valence-corrected chi connectivity index (χ4v) is 5.69. The highest BCUT2D eigenvalue weighted by Gasteiger charge is 2.50. The Labute approximate surface area is 199 Å². The van der Waals surface area contributed by atoms with Crippen molar-refractivity contribution in [2.24, 2.45) is 0 Å². The number of benzene rings is 2. The lowest BCUT2D eigenvalue weighted by Gasteiger charge is -2.45. The first kappa shape index (κ1) is 23.6. The SMILES string of the molecule is COc1ccc([C@@]23CC[C@@H](NC(=O)Nc4cc(C)c(F)cc4Cl)C[C@@H]2N(C)CC3)cc1OC. The first-order valence-corrected chi connectivity index (χ1v) is 11.6. The number of amides is 2. The first-order chi connectivity index (χ1) is 15.8. The Balaban J connectivity index is 1.48. The average molecular weight is 476 g/mol. The van der Waals surface area contributed by atoms with E-state index >= 15 is 0 Å². The number of urea groups is 1. The number of likely N-dealkylation sites (tertiary alicyclic amines) is 1. The summed E-state index contributed by atoms with van der Waals surface area (Å²) < 4.78 is 24.6. The van der Waals surface area contributed by atoms with Crippen LogP contribution < -0.4 is 20.1 Å². The Morgan fingerprint density at radius 3 is 2.67 bits per heavy atom. The largest absolute Gasteiger partial charge is 0.493 e. The third-order valence-corrected chi connectivity index (χ3v) is 7.63. The second-order valence-corrected chi connectivity index (χ2v) is 9.53. The molecule has 0 radical (unpaired) electrons. The van der Waals surface area contributed by atoms with Crippen LogP contribution in [0.2, 0.25) is 5.02 Å². The minimum atomic E-state index is -0.394. The molecule has 2 amide bonds. The van der Waals surface area contributed by atoms with E-state index in [2.05, 4.69) is 34.7 Å². The summed E-state index contributed by atoms with van der Waals surface area (Å²) in [5, 5.41) is 6.05. The van der Waals surface area contributed by atoms with Crippen molar-refractivity contribution in [3.8, 4) is 11.5 Å². The molecule has 1 heterocycles. The summed E-state index contributed by atoms with van der Waals surface area (Å²) in [6.45, 7) is 2.64. The number of aryl methyl sites for hydroxylation is 1. The van der Waals surface area contributed by atoms with Gasteiger partial charge in [0.05, 0.1) is 24.9 Å². The molecule has 0 spiro atoms. The molecule has 1 aliphatic carbocycles. The van der Waals surface area contributed by atoms with Gasteiger partial charge in [0.25, 0.3) is 0 Å². The molecule has 0 unspecified atom stereocenters. The quantitative estimate of drug-likeness (QED) is 0.630. The van der Waals surface area contributed by atoms with Crippen molar-refractivity contribution < 1.29 is 18.7 Å². The standard InChI is InChI=1S/C25H31ClFN3O3/c1-15-11-20(18(26)14-19(15)27)29-24(31)28-17-7-8-25(9-10-30(2)23(25)13-17)16-5-6-21(32-3)22(12-16)33-4/h5-6,11-12,14,17,23H,7-10,13H2,1-4H3,(H2,28,29,31)/t17-,23+,25+/m1/s1. The molecule has 1 saturated carbocycles. The number of ether oxygens (including phenoxy) is 2. The van der Waals surface area contributed by atoms with Crippen molar-refractivity contribution in [2.45, 2.75) is 50.1 Å². The van der Waals surface area contributed by atoms with Crippen LogP contribution in [0.25, 0.3) is 0 Å². The molecular weight excluding hydrogens is 445 g/mol. The maximum Gasteiger partial charge on any atom is 0.319 e. The Bertz CT molecular complexity index is 1050. The van der Waals surface area contributed by atoms with Crippen LogP contribution in [0.15, 0.2) is 30.3 Å². The topological polar surface area (TPSA) is 62.8 Å². The molecule has 178 valence electrons. The van der Waals surface area contributed by atoms with Gasteiger partial charge < -0.3 is 25.0 Å². The van der Waals surface area contributed by atoms with Crippen LogP contribution in [0.4, 0.5) is 14.9 Å². The van der Waals surface area contributed by atoms with Crippen LogP contribution in [0.3, 0.4) is 0 Å². The monoisotopic (exact) mass is 475 g/mol. The number of nitrogens with zero attached hydrogens (tertiary/aromatic N) is 1. The molecule has 1 saturated heterocycles. The lowest BCUT2D eigenvalue weighted by molar-refractivity contribution is 0.156. The number of carbonyl (C=O) groups is 1. The van der Waals surface area contributed by atoms with Crippen molar-refractivity contribution in [2.75, 3.05) is 33.1 Å². The molecule has 2 N–H and O–H groups in total. The molecule has 0 aromatic heterocycles. The van der Waals surface area contributed by atoms with Crippen molar-refractivity contribution in [1.82, 2.24) is 10.2 Å². The fraction of sp³-hybridized carbons (Fsp3) is 0.480. The maximum atomic E-state index is 13.7. The van der Waals surface area contributed by atoms with E-state index in [1.165, 1.54) is 11.6 Å². The minimum absolute atomic E-state index is 0.0142. The van der Waals surface area contributed by atoms with Gasteiger partial charge in [-0.15, -0.1) is 0 Å². The highest BCUT2D eigenvalue weighted by atomic mass is 35.5. The van der Waals surface area contributed by atoms with Crippen molar-refractivity contribution in [1.29, 1.82) is 0 Å². The second-order valence-electron chi connectivity index (χ2n) is 9.12. The Morgan fingerprint density at radius 2 is 1.94 bits per heavy atom. The highest BCUT2D eigenvalue weighted by molar-refractivity contribution is 6.33. The summed E-state index contributed by atoms with van der Waals surface area (Å²) in [7, 11) is 5.45. The van der Waals surface area contributed by atoms with Crippen LogP contribution in [-0.2, 0) is 5.41 Å². The van der Waals surface area contributed by atoms with Crippen LogP contribution in [0.5, 0.6) is 11.5 Å². The van der Waals surface area contributed by atoms with E-state index in [1.54, 1.807) is 27.2 Å². The summed E-state index contributed by atoms with van der Waals surface area (Å²) in [5.41, 5.74) is 2.10. The molecule has 2 aromatic carbocycles. The lowest BCUT2D eigenvalue weighted by atomic mass is 9.65. The van der Waals surface area contributed by atoms with E-state index < -0.39 is 5.82 Å². The van der Waals surface area contributed by atoms with Gasteiger partial charge in [-0.3, -0.25) is 0 Å². The van der Waals surface area contributed by atoms with Gasteiger partial charge in [-0.2, -0.15) is 0 Å². The zero-order chi connectivity index (χ0) is 23.8. The van der Waals surface area contributed by atoms with E-state index in [4.69, 9.17) is 21.1 Å². The molecule has 2 aliphatic rings.